The minimum absolute atomic E-state index is 0.136. The van der Waals surface area contributed by atoms with Crippen LogP contribution in [0.25, 0.3) is 10.2 Å². The minimum Gasteiger partial charge on any atom is -0.497 e. The quantitative estimate of drug-likeness (QED) is 0.340. The zero-order chi connectivity index (χ0) is 21.8. The van der Waals surface area contributed by atoms with Gasteiger partial charge in [-0.3, -0.25) is 14.9 Å². The van der Waals surface area contributed by atoms with Gasteiger partial charge in [0.15, 0.2) is 16.3 Å². The van der Waals surface area contributed by atoms with Crippen molar-refractivity contribution in [3.63, 3.8) is 0 Å². The highest BCUT2D eigenvalue weighted by Crippen LogP contribution is 2.34. The number of hydrogen-bond acceptors (Lipinski definition) is 7. The first-order chi connectivity index (χ1) is 14.4. The first kappa shape index (κ1) is 20.9. The number of thiazole rings is 1. The van der Waals surface area contributed by atoms with Gasteiger partial charge in [-0.05, 0) is 18.2 Å². The molecule has 3 rings (SSSR count). The Labute approximate surface area is 175 Å². The van der Waals surface area contributed by atoms with Crippen LogP contribution < -0.4 is 19.0 Å². The van der Waals surface area contributed by atoms with Gasteiger partial charge in [0.25, 0.3) is 11.6 Å². The van der Waals surface area contributed by atoms with Gasteiger partial charge in [-0.2, -0.15) is 4.99 Å². The van der Waals surface area contributed by atoms with E-state index in [0.717, 1.165) is 16.3 Å². The van der Waals surface area contributed by atoms with Crippen molar-refractivity contribution in [2.24, 2.45) is 4.99 Å². The van der Waals surface area contributed by atoms with Gasteiger partial charge in [0.05, 0.1) is 49.1 Å². The molecule has 2 aromatic carbocycles. The summed E-state index contributed by atoms with van der Waals surface area (Å²) >= 11 is 1.22. The van der Waals surface area contributed by atoms with E-state index in [1.54, 1.807) is 23.8 Å². The molecule has 1 heterocycles. The molecule has 0 aliphatic heterocycles. The normalized spacial score (nSPS) is 11.2. The lowest BCUT2D eigenvalue weighted by atomic mass is 10.1. The second-order valence-electron chi connectivity index (χ2n) is 5.91. The number of nitrogens with zero attached hydrogens (tertiary/aromatic N) is 3. The Hall–Kier alpha value is -3.84. The van der Waals surface area contributed by atoms with Crippen LogP contribution in [0.4, 0.5) is 5.69 Å². The number of carbonyl (C=O) groups excluding carboxylic acids is 1. The van der Waals surface area contributed by atoms with Crippen LogP contribution >= 0.6 is 11.3 Å². The maximum absolute atomic E-state index is 12.9. The molecule has 0 fully saturated rings. The van der Waals surface area contributed by atoms with Crippen LogP contribution in [-0.4, -0.2) is 36.7 Å². The Balaban J connectivity index is 2.21. The average molecular weight is 427 g/mol. The van der Waals surface area contributed by atoms with Gasteiger partial charge in [0.1, 0.15) is 11.3 Å². The summed E-state index contributed by atoms with van der Waals surface area (Å²) in [5, 5.41) is 11.5. The Morgan fingerprint density at radius 2 is 1.90 bits per heavy atom. The number of carbonyl (C=O) groups is 1. The predicted octanol–water partition coefficient (Wildman–Crippen LogP) is 3.01. The molecule has 0 spiro atoms. The monoisotopic (exact) mass is 427 g/mol. The summed E-state index contributed by atoms with van der Waals surface area (Å²) in [6.07, 6.45) is 5.47. The van der Waals surface area contributed by atoms with Crippen molar-refractivity contribution >= 4 is 33.1 Å². The summed E-state index contributed by atoms with van der Waals surface area (Å²) in [7, 11) is 4.27. The number of aromatic nitrogens is 1. The highest BCUT2D eigenvalue weighted by Gasteiger charge is 2.24. The van der Waals surface area contributed by atoms with Crippen LogP contribution in [0.3, 0.4) is 0 Å². The smallest absolute Gasteiger partial charge is 0.286 e. The molecule has 1 aromatic heterocycles. The third kappa shape index (κ3) is 3.83. The number of nitro benzene ring substituents is 1. The number of fused-ring (bicyclic) bond motifs is 1. The lowest BCUT2D eigenvalue weighted by Crippen LogP contribution is -2.17. The van der Waals surface area contributed by atoms with Crippen molar-refractivity contribution in [2.75, 3.05) is 21.3 Å². The predicted molar refractivity (Wildman–Crippen MR) is 111 cm³/mol. The summed E-state index contributed by atoms with van der Waals surface area (Å²) < 4.78 is 18.0. The van der Waals surface area contributed by atoms with E-state index in [2.05, 4.69) is 10.9 Å². The zero-order valence-electron chi connectivity index (χ0n) is 16.4. The Morgan fingerprint density at radius 3 is 2.50 bits per heavy atom. The molecule has 0 N–H and O–H groups in total. The number of ether oxygens (including phenoxy) is 3. The van der Waals surface area contributed by atoms with Crippen LogP contribution in [0.15, 0.2) is 35.3 Å². The van der Waals surface area contributed by atoms with Gasteiger partial charge in [-0.1, -0.05) is 17.3 Å². The molecule has 0 unspecified atom stereocenters. The van der Waals surface area contributed by atoms with Crippen LogP contribution in [0, 0.1) is 22.5 Å². The number of nitro groups is 1. The summed E-state index contributed by atoms with van der Waals surface area (Å²) in [4.78, 5) is 28.2. The minimum atomic E-state index is -0.799. The van der Waals surface area contributed by atoms with E-state index in [9.17, 15) is 14.9 Å². The fraction of sp³-hybridized carbons (Fsp3) is 0.200. The van der Waals surface area contributed by atoms with E-state index >= 15 is 0 Å². The first-order valence-electron chi connectivity index (χ1n) is 8.53. The molecule has 154 valence electrons. The topological polar surface area (TPSA) is 105 Å². The summed E-state index contributed by atoms with van der Waals surface area (Å²) in [6.45, 7) is 0.173. The van der Waals surface area contributed by atoms with Crippen LogP contribution in [-0.2, 0) is 6.54 Å². The Morgan fingerprint density at radius 1 is 1.20 bits per heavy atom. The first-order valence-corrected chi connectivity index (χ1v) is 9.35. The number of methoxy groups -OCH3 is 3. The van der Waals surface area contributed by atoms with Crippen LogP contribution in [0.5, 0.6) is 17.2 Å². The lowest BCUT2D eigenvalue weighted by molar-refractivity contribution is -0.385. The number of benzene rings is 2. The van der Waals surface area contributed by atoms with E-state index in [-0.39, 0.29) is 23.6 Å². The molecule has 1 amide bonds. The van der Waals surface area contributed by atoms with E-state index < -0.39 is 16.5 Å². The third-order valence-corrected chi connectivity index (χ3v) is 5.31. The van der Waals surface area contributed by atoms with Gasteiger partial charge in [-0.15, -0.1) is 6.42 Å². The number of hydrogen-bond donors (Lipinski definition) is 0. The summed E-state index contributed by atoms with van der Waals surface area (Å²) in [5.74, 6) is 2.69. The molecule has 3 aromatic rings. The highest BCUT2D eigenvalue weighted by atomic mass is 32.1. The molecule has 0 bridgehead atoms. The van der Waals surface area contributed by atoms with Crippen molar-refractivity contribution in [3.05, 3.63) is 50.8 Å². The van der Waals surface area contributed by atoms with E-state index in [4.69, 9.17) is 20.6 Å². The van der Waals surface area contributed by atoms with Gasteiger partial charge in [0, 0.05) is 6.07 Å². The van der Waals surface area contributed by atoms with Crippen molar-refractivity contribution in [1.82, 2.24) is 4.57 Å². The molecule has 10 heteroatoms. The van der Waals surface area contributed by atoms with E-state index in [0.29, 0.717) is 10.6 Å². The van der Waals surface area contributed by atoms with Gasteiger partial charge >= 0.3 is 0 Å². The molecule has 30 heavy (non-hydrogen) atoms. The van der Waals surface area contributed by atoms with Crippen LogP contribution in [0.2, 0.25) is 0 Å². The standard InChI is InChI=1S/C20H17N3O6S/c1-5-8-22-14-7-6-12(27-2)9-18(14)30-20(22)21-19(24)13-10-16(28-3)17(29-4)11-15(13)23(25)26/h1,6-7,9-11H,8H2,2-4H3. The van der Waals surface area contributed by atoms with Crippen molar-refractivity contribution in [1.29, 1.82) is 0 Å². The van der Waals surface area contributed by atoms with Gasteiger partial charge in [-0.25, -0.2) is 0 Å². The molecule has 0 atom stereocenters. The number of rotatable bonds is 6. The number of amides is 1. The molecular weight excluding hydrogens is 410 g/mol. The van der Waals surface area contributed by atoms with Crippen molar-refractivity contribution < 1.29 is 23.9 Å². The van der Waals surface area contributed by atoms with Gasteiger partial charge < -0.3 is 18.8 Å². The third-order valence-electron chi connectivity index (χ3n) is 4.27. The largest absolute Gasteiger partial charge is 0.497 e. The van der Waals surface area contributed by atoms with Crippen LogP contribution in [0.1, 0.15) is 10.4 Å². The SMILES string of the molecule is C#CCn1c(=NC(=O)c2cc(OC)c(OC)cc2[N+](=O)[O-])sc2cc(OC)ccc21. The maximum Gasteiger partial charge on any atom is 0.286 e. The number of terminal acetylenes is 1. The second-order valence-corrected chi connectivity index (χ2v) is 6.92. The second kappa shape index (κ2) is 8.67. The van der Waals surface area contributed by atoms with E-state index in [1.165, 1.54) is 31.6 Å². The Bertz CT molecular complexity index is 1250. The summed E-state index contributed by atoms with van der Waals surface area (Å²) in [6, 6.07) is 7.75. The molecule has 0 saturated heterocycles. The Kier molecular flexibility index (Phi) is 6.03. The fourth-order valence-corrected chi connectivity index (χ4v) is 3.90. The lowest BCUT2D eigenvalue weighted by Gasteiger charge is -2.08. The van der Waals surface area contributed by atoms with Gasteiger partial charge in [0.2, 0.25) is 0 Å². The average Bonchev–Trinajstić information content (AvgIpc) is 3.08. The molecule has 0 saturated carbocycles. The van der Waals surface area contributed by atoms with Crippen molar-refractivity contribution in [3.8, 4) is 29.6 Å². The molecule has 9 nitrogen and oxygen atoms in total. The maximum atomic E-state index is 12.9. The molecule has 0 aliphatic carbocycles. The zero-order valence-corrected chi connectivity index (χ0v) is 17.2. The molecule has 0 aliphatic rings. The summed E-state index contributed by atoms with van der Waals surface area (Å²) in [5.41, 5.74) is 0.111. The van der Waals surface area contributed by atoms with Crippen molar-refractivity contribution in [2.45, 2.75) is 6.54 Å². The fourth-order valence-electron chi connectivity index (χ4n) is 2.85. The molecular formula is C20H17N3O6S. The molecule has 0 radical (unpaired) electrons. The van der Waals surface area contributed by atoms with E-state index in [1.807, 2.05) is 6.07 Å². The highest BCUT2D eigenvalue weighted by molar-refractivity contribution is 7.16.